The van der Waals surface area contributed by atoms with Gasteiger partial charge in [-0.05, 0) is 54.6 Å². The fraction of sp³-hybridized carbons (Fsp3) is 0.150. The maximum atomic E-state index is 12.7. The van der Waals surface area contributed by atoms with E-state index in [1.807, 2.05) is 6.92 Å². The van der Waals surface area contributed by atoms with Gasteiger partial charge >= 0.3 is 5.97 Å². The Bertz CT molecular complexity index is 935. The average molecular weight is 382 g/mol. The minimum absolute atomic E-state index is 0.121. The number of ether oxygens (including phenoxy) is 1. The monoisotopic (exact) mass is 382 g/mol. The van der Waals surface area contributed by atoms with Gasteiger partial charge in [0, 0.05) is 12.6 Å². The largest absolute Gasteiger partial charge is 0.508 e. The van der Waals surface area contributed by atoms with E-state index in [1.165, 1.54) is 18.9 Å². The van der Waals surface area contributed by atoms with Gasteiger partial charge in [0.25, 0.3) is 5.91 Å². The molecule has 0 saturated carbocycles. The smallest absolute Gasteiger partial charge is 0.337 e. The Morgan fingerprint density at radius 1 is 1.26 bits per heavy atom. The van der Waals surface area contributed by atoms with Crippen molar-refractivity contribution in [3.05, 3.63) is 64.6 Å². The zero-order valence-electron chi connectivity index (χ0n) is 14.9. The summed E-state index contributed by atoms with van der Waals surface area (Å²) in [6.45, 7) is 2.37. The van der Waals surface area contributed by atoms with Crippen LogP contribution in [0.1, 0.15) is 22.8 Å². The first-order valence-corrected chi connectivity index (χ1v) is 9.11. The summed E-state index contributed by atoms with van der Waals surface area (Å²) in [5, 5.41) is 10.1. The van der Waals surface area contributed by atoms with Gasteiger partial charge in [-0.1, -0.05) is 18.2 Å². The zero-order chi connectivity index (χ0) is 19.4. The summed E-state index contributed by atoms with van der Waals surface area (Å²) in [4.78, 5) is 30.8. The van der Waals surface area contributed by atoms with Gasteiger partial charge < -0.3 is 9.84 Å². The number of amidine groups is 1. The fourth-order valence-electron chi connectivity index (χ4n) is 2.53. The first-order valence-electron chi connectivity index (χ1n) is 8.29. The number of likely N-dealkylation sites (N-methyl/N-ethyl adjacent to an activating group) is 1. The van der Waals surface area contributed by atoms with E-state index in [4.69, 9.17) is 0 Å². The number of nitrogens with zero attached hydrogens (tertiary/aromatic N) is 2. The lowest BCUT2D eigenvalue weighted by Crippen LogP contribution is -2.28. The van der Waals surface area contributed by atoms with E-state index in [0.717, 1.165) is 5.56 Å². The van der Waals surface area contributed by atoms with Crippen LogP contribution in [0.2, 0.25) is 0 Å². The second kappa shape index (κ2) is 8.09. The van der Waals surface area contributed by atoms with Gasteiger partial charge in [0.1, 0.15) is 5.75 Å². The zero-order valence-corrected chi connectivity index (χ0v) is 15.7. The van der Waals surface area contributed by atoms with Crippen LogP contribution in [0.5, 0.6) is 5.75 Å². The molecule has 0 radical (unpaired) electrons. The van der Waals surface area contributed by atoms with Crippen LogP contribution in [0.4, 0.5) is 5.69 Å². The molecule has 6 nitrogen and oxygen atoms in total. The minimum Gasteiger partial charge on any atom is -0.508 e. The number of aromatic hydroxyl groups is 1. The highest BCUT2D eigenvalue weighted by Crippen LogP contribution is 2.34. The van der Waals surface area contributed by atoms with Crippen LogP contribution in [0.3, 0.4) is 0 Å². The predicted octanol–water partition coefficient (Wildman–Crippen LogP) is 3.80. The number of methoxy groups -OCH3 is 1. The standard InChI is InChI=1S/C20H18N2O4S/c1-3-22-18(24)17(11-13-7-9-14(10-8-13)19(25)26-2)27-20(22)21-15-5-4-6-16(23)12-15/h4-12,23H,3H2,1-2H3/b17-11-,21-20?. The molecule has 0 unspecified atom stereocenters. The lowest BCUT2D eigenvalue weighted by Gasteiger charge is -2.12. The van der Waals surface area contributed by atoms with Crippen molar-refractivity contribution in [2.24, 2.45) is 4.99 Å². The van der Waals surface area contributed by atoms with Crippen LogP contribution in [0, 0.1) is 0 Å². The molecule has 1 amide bonds. The summed E-state index contributed by atoms with van der Waals surface area (Å²) in [6, 6.07) is 13.4. The van der Waals surface area contributed by atoms with Gasteiger partial charge in [0.15, 0.2) is 5.17 Å². The third-order valence-corrected chi connectivity index (χ3v) is 4.89. The Balaban J connectivity index is 1.87. The third kappa shape index (κ3) is 4.20. The predicted molar refractivity (Wildman–Crippen MR) is 106 cm³/mol. The number of phenolic OH excluding ortho intramolecular Hbond substituents is 1. The molecule has 138 valence electrons. The fourth-order valence-corrected chi connectivity index (χ4v) is 3.59. The van der Waals surface area contributed by atoms with Crippen molar-refractivity contribution in [2.75, 3.05) is 13.7 Å². The van der Waals surface area contributed by atoms with Crippen LogP contribution in [-0.4, -0.2) is 40.7 Å². The highest BCUT2D eigenvalue weighted by molar-refractivity contribution is 8.18. The molecule has 1 saturated heterocycles. The Hall–Kier alpha value is -3.06. The van der Waals surface area contributed by atoms with Crippen molar-refractivity contribution in [1.29, 1.82) is 0 Å². The van der Waals surface area contributed by atoms with E-state index >= 15 is 0 Å². The van der Waals surface area contributed by atoms with Crippen molar-refractivity contribution >= 4 is 40.6 Å². The van der Waals surface area contributed by atoms with Crippen LogP contribution >= 0.6 is 11.8 Å². The Kier molecular flexibility index (Phi) is 5.61. The average Bonchev–Trinajstić information content (AvgIpc) is 2.96. The summed E-state index contributed by atoms with van der Waals surface area (Å²) in [5.41, 5.74) is 1.83. The maximum Gasteiger partial charge on any atom is 0.337 e. The number of phenols is 1. The second-order valence-electron chi connectivity index (χ2n) is 5.69. The molecule has 0 spiro atoms. The molecule has 1 N–H and O–H groups in total. The summed E-state index contributed by atoms with van der Waals surface area (Å²) < 4.78 is 4.68. The molecule has 1 aliphatic rings. The second-order valence-corrected chi connectivity index (χ2v) is 6.70. The number of carbonyl (C=O) groups is 2. The van der Waals surface area contributed by atoms with Gasteiger partial charge in [-0.25, -0.2) is 9.79 Å². The minimum atomic E-state index is -0.404. The van der Waals surface area contributed by atoms with Crippen LogP contribution < -0.4 is 0 Å². The normalized spacial score (nSPS) is 17.0. The SMILES string of the molecule is CCN1C(=O)/C(=C/c2ccc(C(=O)OC)cc2)SC1=Nc1cccc(O)c1. The van der Waals surface area contributed by atoms with Crippen LogP contribution in [0.15, 0.2) is 58.4 Å². The number of esters is 1. The molecule has 0 atom stereocenters. The van der Waals surface area contributed by atoms with E-state index in [-0.39, 0.29) is 11.7 Å². The molecule has 1 fully saturated rings. The van der Waals surface area contributed by atoms with Crippen LogP contribution in [0.25, 0.3) is 6.08 Å². The summed E-state index contributed by atoms with van der Waals surface area (Å²) in [7, 11) is 1.33. The summed E-state index contributed by atoms with van der Waals surface area (Å²) in [5.74, 6) is -0.410. The molecular weight excluding hydrogens is 364 g/mol. The summed E-state index contributed by atoms with van der Waals surface area (Å²) >= 11 is 1.28. The number of amides is 1. The Morgan fingerprint density at radius 2 is 2.00 bits per heavy atom. The van der Waals surface area contributed by atoms with Crippen molar-refractivity contribution in [3.8, 4) is 5.75 Å². The van der Waals surface area contributed by atoms with Gasteiger partial charge in [-0.3, -0.25) is 9.69 Å². The third-order valence-electron chi connectivity index (χ3n) is 3.89. The number of aliphatic imine (C=N–C) groups is 1. The van der Waals surface area contributed by atoms with Crippen molar-refractivity contribution in [3.63, 3.8) is 0 Å². The topological polar surface area (TPSA) is 79.2 Å². The van der Waals surface area contributed by atoms with E-state index in [9.17, 15) is 14.7 Å². The van der Waals surface area contributed by atoms with E-state index in [2.05, 4.69) is 9.73 Å². The number of hydrogen-bond donors (Lipinski definition) is 1. The quantitative estimate of drug-likeness (QED) is 0.643. The van der Waals surface area contributed by atoms with Crippen molar-refractivity contribution < 1.29 is 19.4 Å². The molecule has 2 aromatic carbocycles. The molecular formula is C20H18N2O4S. The van der Waals surface area contributed by atoms with Gasteiger partial charge in [-0.2, -0.15) is 0 Å². The van der Waals surface area contributed by atoms with E-state index in [1.54, 1.807) is 59.5 Å². The Labute approximate surface area is 161 Å². The Morgan fingerprint density at radius 3 is 2.63 bits per heavy atom. The van der Waals surface area contributed by atoms with Crippen LogP contribution in [-0.2, 0) is 9.53 Å². The number of benzene rings is 2. The molecule has 1 heterocycles. The first kappa shape index (κ1) is 18.7. The van der Waals surface area contributed by atoms with Crippen molar-refractivity contribution in [2.45, 2.75) is 6.92 Å². The molecule has 0 aromatic heterocycles. The van der Waals surface area contributed by atoms with Crippen molar-refractivity contribution in [1.82, 2.24) is 4.90 Å². The molecule has 7 heteroatoms. The summed E-state index contributed by atoms with van der Waals surface area (Å²) in [6.07, 6.45) is 1.77. The molecule has 3 rings (SSSR count). The highest BCUT2D eigenvalue weighted by Gasteiger charge is 2.32. The highest BCUT2D eigenvalue weighted by atomic mass is 32.2. The van der Waals surface area contributed by atoms with Gasteiger partial charge in [0.2, 0.25) is 0 Å². The molecule has 2 aromatic rings. The maximum absolute atomic E-state index is 12.7. The number of carbonyl (C=O) groups excluding carboxylic acids is 2. The van der Waals surface area contributed by atoms with Gasteiger partial charge in [-0.15, -0.1) is 0 Å². The number of rotatable bonds is 4. The molecule has 1 aliphatic heterocycles. The number of thioether (sulfide) groups is 1. The lowest BCUT2D eigenvalue weighted by atomic mass is 10.1. The van der Waals surface area contributed by atoms with E-state index in [0.29, 0.717) is 27.9 Å². The molecule has 27 heavy (non-hydrogen) atoms. The van der Waals surface area contributed by atoms with E-state index < -0.39 is 5.97 Å². The first-order chi connectivity index (χ1) is 13.0. The molecule has 0 aliphatic carbocycles. The van der Waals surface area contributed by atoms with Gasteiger partial charge in [0.05, 0.1) is 23.3 Å². The molecule has 0 bridgehead atoms. The number of hydrogen-bond acceptors (Lipinski definition) is 6. The lowest BCUT2D eigenvalue weighted by molar-refractivity contribution is -0.122.